The summed E-state index contributed by atoms with van der Waals surface area (Å²) in [6.45, 7) is 1.26. The van der Waals surface area contributed by atoms with E-state index >= 15 is 0 Å². The third-order valence-corrected chi connectivity index (χ3v) is 3.67. The third kappa shape index (κ3) is 2.52. The van der Waals surface area contributed by atoms with Crippen LogP contribution < -0.4 is 4.74 Å². The second kappa shape index (κ2) is 5.36. The average molecular weight is 272 g/mol. The molecule has 1 aromatic carbocycles. The second-order valence-electron chi connectivity index (χ2n) is 4.94. The van der Waals surface area contributed by atoms with Gasteiger partial charge in [0.15, 0.2) is 0 Å². The Morgan fingerprint density at radius 1 is 1.50 bits per heavy atom. The van der Waals surface area contributed by atoms with E-state index in [4.69, 9.17) is 4.74 Å². The summed E-state index contributed by atoms with van der Waals surface area (Å²) >= 11 is 0. The summed E-state index contributed by atoms with van der Waals surface area (Å²) in [6, 6.07) is 5.76. The molecule has 104 valence electrons. The quantitative estimate of drug-likeness (QED) is 0.905. The van der Waals surface area contributed by atoms with Crippen LogP contribution in [0, 0.1) is 0 Å². The number of carboxylic acids is 1. The van der Waals surface area contributed by atoms with E-state index in [0.29, 0.717) is 13.0 Å². The number of aliphatic carboxylic acids is 1. The van der Waals surface area contributed by atoms with Crippen LogP contribution in [0.3, 0.4) is 0 Å². The van der Waals surface area contributed by atoms with Gasteiger partial charge in [0.2, 0.25) is 0 Å². The smallest absolute Gasteiger partial charge is 0.310 e. The van der Waals surface area contributed by atoms with E-state index in [1.54, 1.807) is 12.5 Å². The molecule has 1 N–H and O–H groups in total. The first kappa shape index (κ1) is 12.7. The molecule has 0 fully saturated rings. The summed E-state index contributed by atoms with van der Waals surface area (Å²) in [6.07, 6.45) is 6.87. The zero-order valence-electron chi connectivity index (χ0n) is 11.0. The van der Waals surface area contributed by atoms with E-state index in [1.807, 2.05) is 29.0 Å². The van der Waals surface area contributed by atoms with Crippen LogP contribution in [0.1, 0.15) is 23.5 Å². The number of ether oxygens (including phenoxy) is 1. The van der Waals surface area contributed by atoms with Crippen LogP contribution in [0.25, 0.3) is 0 Å². The fourth-order valence-electron chi connectivity index (χ4n) is 2.61. The molecule has 3 rings (SSSR count). The molecular weight excluding hydrogens is 256 g/mol. The van der Waals surface area contributed by atoms with Crippen LogP contribution in [0.4, 0.5) is 0 Å². The van der Waals surface area contributed by atoms with Crippen LogP contribution in [-0.4, -0.2) is 27.2 Å². The van der Waals surface area contributed by atoms with Crippen LogP contribution in [0.2, 0.25) is 0 Å². The highest BCUT2D eigenvalue weighted by molar-refractivity contribution is 5.78. The van der Waals surface area contributed by atoms with Gasteiger partial charge in [0.1, 0.15) is 12.4 Å². The number of aryl methyl sites for hydroxylation is 1. The van der Waals surface area contributed by atoms with Crippen molar-refractivity contribution in [3.63, 3.8) is 0 Å². The van der Waals surface area contributed by atoms with Crippen molar-refractivity contribution >= 4 is 5.97 Å². The predicted octanol–water partition coefficient (Wildman–Crippen LogP) is 2.08. The number of benzene rings is 1. The highest BCUT2D eigenvalue weighted by atomic mass is 16.5. The average Bonchev–Trinajstić information content (AvgIpc) is 3.06. The summed E-state index contributed by atoms with van der Waals surface area (Å²) in [5, 5.41) is 9.20. The van der Waals surface area contributed by atoms with E-state index in [0.717, 1.165) is 29.8 Å². The summed E-state index contributed by atoms with van der Waals surface area (Å²) in [5.74, 6) is -0.404. The third-order valence-electron chi connectivity index (χ3n) is 3.67. The Bertz CT molecular complexity index is 608. The van der Waals surface area contributed by atoms with Crippen molar-refractivity contribution in [2.75, 3.05) is 6.61 Å². The van der Waals surface area contributed by atoms with E-state index < -0.39 is 5.97 Å². The lowest BCUT2D eigenvalue weighted by molar-refractivity contribution is -0.138. The zero-order valence-corrected chi connectivity index (χ0v) is 11.0. The molecule has 0 aliphatic heterocycles. The van der Waals surface area contributed by atoms with E-state index in [9.17, 15) is 9.90 Å². The van der Waals surface area contributed by atoms with Crippen LogP contribution in [-0.2, 0) is 17.8 Å². The Kier molecular flexibility index (Phi) is 3.41. The fraction of sp³-hybridized carbons (Fsp3) is 0.333. The lowest BCUT2D eigenvalue weighted by Gasteiger charge is -2.10. The lowest BCUT2D eigenvalue weighted by Crippen LogP contribution is -2.09. The maximum Gasteiger partial charge on any atom is 0.310 e. The molecule has 20 heavy (non-hydrogen) atoms. The van der Waals surface area contributed by atoms with E-state index in [2.05, 4.69) is 4.98 Å². The molecule has 1 aliphatic rings. The molecule has 0 saturated heterocycles. The molecular formula is C15H16N2O3. The van der Waals surface area contributed by atoms with Crippen LogP contribution in [0.15, 0.2) is 36.9 Å². The number of nitrogens with zero attached hydrogens (tertiary/aromatic N) is 2. The van der Waals surface area contributed by atoms with Gasteiger partial charge in [-0.2, -0.15) is 0 Å². The molecule has 2 aromatic rings. The number of carbonyl (C=O) groups is 1. The Balaban J connectivity index is 1.66. The molecule has 1 heterocycles. The lowest BCUT2D eigenvalue weighted by atomic mass is 10.0. The summed E-state index contributed by atoms with van der Waals surface area (Å²) in [7, 11) is 0. The fourth-order valence-corrected chi connectivity index (χ4v) is 2.61. The highest BCUT2D eigenvalue weighted by Gasteiger charge is 2.28. The molecule has 1 atom stereocenters. The standard InChI is InChI=1S/C15H16N2O3/c18-15(19)13-4-2-11-1-3-12(9-14(11)13)20-8-7-17-6-5-16-10-17/h1,3,5-6,9-10,13H,2,4,7-8H2,(H,18,19). The van der Waals surface area contributed by atoms with Gasteiger partial charge < -0.3 is 14.4 Å². The molecule has 1 unspecified atom stereocenters. The summed E-state index contributed by atoms with van der Waals surface area (Å²) in [4.78, 5) is 15.2. The Morgan fingerprint density at radius 3 is 3.15 bits per heavy atom. The number of imidazole rings is 1. The topological polar surface area (TPSA) is 64.3 Å². The highest BCUT2D eigenvalue weighted by Crippen LogP contribution is 2.35. The van der Waals surface area contributed by atoms with Gasteiger partial charge in [0.25, 0.3) is 0 Å². The normalized spacial score (nSPS) is 16.9. The molecule has 0 spiro atoms. The van der Waals surface area contributed by atoms with Gasteiger partial charge >= 0.3 is 5.97 Å². The van der Waals surface area contributed by atoms with E-state index in [1.165, 1.54) is 0 Å². The number of rotatable bonds is 5. The molecule has 1 aliphatic carbocycles. The van der Waals surface area contributed by atoms with Crippen LogP contribution in [0.5, 0.6) is 5.75 Å². The Morgan fingerprint density at radius 2 is 2.40 bits per heavy atom. The Labute approximate surface area is 116 Å². The maximum atomic E-state index is 11.2. The molecule has 1 aromatic heterocycles. The number of hydrogen-bond acceptors (Lipinski definition) is 3. The maximum absolute atomic E-state index is 11.2. The van der Waals surface area contributed by atoms with Crippen molar-refractivity contribution in [2.45, 2.75) is 25.3 Å². The largest absolute Gasteiger partial charge is 0.492 e. The van der Waals surface area contributed by atoms with Gasteiger partial charge in [0, 0.05) is 12.4 Å². The van der Waals surface area contributed by atoms with Crippen molar-refractivity contribution in [1.82, 2.24) is 9.55 Å². The van der Waals surface area contributed by atoms with Gasteiger partial charge in [-0.3, -0.25) is 4.79 Å². The van der Waals surface area contributed by atoms with Crippen molar-refractivity contribution in [1.29, 1.82) is 0 Å². The molecule has 5 heteroatoms. The van der Waals surface area contributed by atoms with Gasteiger partial charge in [-0.15, -0.1) is 0 Å². The first-order chi connectivity index (χ1) is 9.74. The monoisotopic (exact) mass is 272 g/mol. The van der Waals surface area contributed by atoms with Crippen molar-refractivity contribution < 1.29 is 14.6 Å². The molecule has 0 bridgehead atoms. The second-order valence-corrected chi connectivity index (χ2v) is 4.94. The van der Waals surface area contributed by atoms with Crippen LogP contribution >= 0.6 is 0 Å². The molecule has 0 saturated carbocycles. The SMILES string of the molecule is O=C(O)C1CCc2ccc(OCCn3ccnc3)cc21. The zero-order chi connectivity index (χ0) is 13.9. The molecule has 5 nitrogen and oxygen atoms in total. The number of fused-ring (bicyclic) bond motifs is 1. The summed E-state index contributed by atoms with van der Waals surface area (Å²) in [5.41, 5.74) is 2.02. The first-order valence-corrected chi connectivity index (χ1v) is 6.68. The van der Waals surface area contributed by atoms with Crippen molar-refractivity contribution in [3.8, 4) is 5.75 Å². The minimum atomic E-state index is -0.751. The summed E-state index contributed by atoms with van der Waals surface area (Å²) < 4.78 is 7.63. The first-order valence-electron chi connectivity index (χ1n) is 6.68. The van der Waals surface area contributed by atoms with Gasteiger partial charge in [-0.25, -0.2) is 4.98 Å². The number of hydrogen-bond donors (Lipinski definition) is 1. The van der Waals surface area contributed by atoms with Crippen molar-refractivity contribution in [3.05, 3.63) is 48.0 Å². The minimum absolute atomic E-state index is 0.387. The van der Waals surface area contributed by atoms with Gasteiger partial charge in [-0.1, -0.05) is 6.07 Å². The van der Waals surface area contributed by atoms with Crippen molar-refractivity contribution in [2.24, 2.45) is 0 Å². The van der Waals surface area contributed by atoms with Gasteiger partial charge in [0.05, 0.1) is 18.8 Å². The number of aromatic nitrogens is 2. The minimum Gasteiger partial charge on any atom is -0.492 e. The number of carboxylic acid groups (broad SMARTS) is 1. The van der Waals surface area contributed by atoms with E-state index in [-0.39, 0.29) is 5.92 Å². The Hall–Kier alpha value is -2.30. The predicted molar refractivity (Wildman–Crippen MR) is 72.9 cm³/mol. The van der Waals surface area contributed by atoms with Gasteiger partial charge in [-0.05, 0) is 36.1 Å². The molecule has 0 amide bonds. The molecule has 0 radical (unpaired) electrons.